The van der Waals surface area contributed by atoms with E-state index in [0.717, 1.165) is 0 Å². The maximum absolute atomic E-state index is 9.80. The molecule has 0 N–H and O–H groups in total. The highest BCUT2D eigenvalue weighted by Gasteiger charge is 2.06. The van der Waals surface area contributed by atoms with Crippen molar-refractivity contribution in [3.05, 3.63) is 0 Å². The van der Waals surface area contributed by atoms with Crippen LogP contribution in [0.2, 0.25) is 0 Å². The summed E-state index contributed by atoms with van der Waals surface area (Å²) in [5.74, 6) is -0.617. The summed E-state index contributed by atoms with van der Waals surface area (Å²) >= 11 is 5.30. The summed E-state index contributed by atoms with van der Waals surface area (Å²) in [5.41, 5.74) is 0. The number of hydrogen-bond donors (Lipinski definition) is 0. The SMILES string of the molecule is CC(CCl)CC([O])=O. The summed E-state index contributed by atoms with van der Waals surface area (Å²) in [5, 5.41) is 9.80. The van der Waals surface area contributed by atoms with E-state index in [9.17, 15) is 9.90 Å². The van der Waals surface area contributed by atoms with Crippen molar-refractivity contribution < 1.29 is 9.90 Å². The second-order valence-corrected chi connectivity index (χ2v) is 2.14. The molecule has 0 bridgehead atoms. The van der Waals surface area contributed by atoms with Gasteiger partial charge >= 0.3 is 5.97 Å². The first kappa shape index (κ1) is 7.76. The van der Waals surface area contributed by atoms with Gasteiger partial charge in [-0.05, 0) is 5.92 Å². The molecule has 3 heteroatoms. The van der Waals surface area contributed by atoms with Crippen LogP contribution in [0.25, 0.3) is 0 Å². The minimum atomic E-state index is -1.03. The van der Waals surface area contributed by atoms with E-state index in [4.69, 9.17) is 11.6 Å². The fraction of sp³-hybridized carbons (Fsp3) is 0.800. The fourth-order valence-electron chi connectivity index (χ4n) is 0.339. The van der Waals surface area contributed by atoms with Crippen LogP contribution in [0, 0.1) is 5.92 Å². The Bertz CT molecular complexity index is 82.5. The summed E-state index contributed by atoms with van der Waals surface area (Å²) < 4.78 is 0. The molecule has 0 aromatic heterocycles. The molecule has 1 unspecified atom stereocenters. The van der Waals surface area contributed by atoms with Crippen molar-refractivity contribution in [3.63, 3.8) is 0 Å². The van der Waals surface area contributed by atoms with E-state index in [0.29, 0.717) is 5.88 Å². The summed E-state index contributed by atoms with van der Waals surface area (Å²) in [4.78, 5) is 9.80. The molecule has 0 saturated carbocycles. The Morgan fingerprint density at radius 3 is 2.38 bits per heavy atom. The molecule has 0 heterocycles. The first-order valence-electron chi connectivity index (χ1n) is 2.42. The molecule has 8 heavy (non-hydrogen) atoms. The van der Waals surface area contributed by atoms with E-state index < -0.39 is 5.97 Å². The van der Waals surface area contributed by atoms with Crippen LogP contribution in [-0.4, -0.2) is 11.8 Å². The van der Waals surface area contributed by atoms with Gasteiger partial charge in [-0.1, -0.05) is 6.92 Å². The van der Waals surface area contributed by atoms with Gasteiger partial charge in [-0.15, -0.1) is 11.6 Å². The number of carbonyl (C=O) groups is 1. The molecular weight excluding hydrogens is 128 g/mol. The Balaban J connectivity index is 3.24. The van der Waals surface area contributed by atoms with E-state index in [1.165, 1.54) is 0 Å². The smallest absolute Gasteiger partial charge is 0.247 e. The van der Waals surface area contributed by atoms with Crippen LogP contribution in [-0.2, 0) is 9.90 Å². The minimum Gasteiger partial charge on any atom is -0.247 e. The Kier molecular flexibility index (Phi) is 3.61. The highest BCUT2D eigenvalue weighted by Crippen LogP contribution is 2.02. The molecular formula is C5H8ClO2. The second-order valence-electron chi connectivity index (χ2n) is 1.84. The highest BCUT2D eigenvalue weighted by molar-refractivity contribution is 6.18. The van der Waals surface area contributed by atoms with Crippen LogP contribution >= 0.6 is 11.6 Å². The average Bonchev–Trinajstić information content (AvgIpc) is 1.65. The molecule has 0 aliphatic rings. The Morgan fingerprint density at radius 1 is 1.75 bits per heavy atom. The van der Waals surface area contributed by atoms with Crippen LogP contribution in [0.1, 0.15) is 13.3 Å². The molecule has 47 valence electrons. The van der Waals surface area contributed by atoms with Crippen LogP contribution in [0.3, 0.4) is 0 Å². The van der Waals surface area contributed by atoms with Gasteiger partial charge in [-0.3, -0.25) is 0 Å². The quantitative estimate of drug-likeness (QED) is 0.536. The van der Waals surface area contributed by atoms with Crippen molar-refractivity contribution in [1.29, 1.82) is 0 Å². The third kappa shape index (κ3) is 3.93. The molecule has 0 aromatic rings. The van der Waals surface area contributed by atoms with Gasteiger partial charge in [0.25, 0.3) is 0 Å². The predicted octanol–water partition coefficient (Wildman–Crippen LogP) is 1.21. The van der Waals surface area contributed by atoms with E-state index in [-0.39, 0.29) is 12.3 Å². The molecule has 0 amide bonds. The Hall–Kier alpha value is -0.240. The van der Waals surface area contributed by atoms with Gasteiger partial charge in [-0.2, -0.15) is 0 Å². The van der Waals surface area contributed by atoms with Gasteiger partial charge in [0.05, 0.1) is 6.42 Å². The molecule has 0 saturated heterocycles. The molecule has 0 rings (SSSR count). The Morgan fingerprint density at radius 2 is 2.25 bits per heavy atom. The Labute approximate surface area is 53.5 Å². The molecule has 0 aliphatic heterocycles. The number of carbonyl (C=O) groups excluding carboxylic acids is 1. The van der Waals surface area contributed by atoms with Crippen LogP contribution in [0.15, 0.2) is 0 Å². The van der Waals surface area contributed by atoms with Crippen molar-refractivity contribution in [2.24, 2.45) is 5.92 Å². The van der Waals surface area contributed by atoms with Crippen LogP contribution in [0.5, 0.6) is 0 Å². The normalized spacial score (nSPS) is 13.2. The average molecular weight is 136 g/mol. The van der Waals surface area contributed by atoms with Gasteiger partial charge in [0, 0.05) is 5.88 Å². The van der Waals surface area contributed by atoms with Gasteiger partial charge in [0.2, 0.25) is 0 Å². The van der Waals surface area contributed by atoms with Gasteiger partial charge in [0.15, 0.2) is 0 Å². The maximum Gasteiger partial charge on any atom is 0.355 e. The zero-order valence-corrected chi connectivity index (χ0v) is 5.44. The van der Waals surface area contributed by atoms with E-state index in [1.54, 1.807) is 6.92 Å². The van der Waals surface area contributed by atoms with Crippen molar-refractivity contribution in [1.82, 2.24) is 0 Å². The summed E-state index contributed by atoms with van der Waals surface area (Å²) in [6, 6.07) is 0. The molecule has 0 fully saturated rings. The van der Waals surface area contributed by atoms with Crippen LogP contribution < -0.4 is 0 Å². The predicted molar refractivity (Wildman–Crippen MR) is 30.2 cm³/mol. The number of halogens is 1. The molecule has 2 nitrogen and oxygen atoms in total. The van der Waals surface area contributed by atoms with Crippen molar-refractivity contribution in [3.8, 4) is 0 Å². The van der Waals surface area contributed by atoms with E-state index in [2.05, 4.69) is 0 Å². The molecule has 1 radical (unpaired) electrons. The molecule has 0 aromatic carbocycles. The summed E-state index contributed by atoms with van der Waals surface area (Å²) in [6.45, 7) is 1.77. The van der Waals surface area contributed by atoms with E-state index >= 15 is 0 Å². The lowest BCUT2D eigenvalue weighted by Gasteiger charge is -1.97. The zero-order chi connectivity index (χ0) is 6.57. The molecule has 0 spiro atoms. The van der Waals surface area contributed by atoms with Crippen molar-refractivity contribution in [2.45, 2.75) is 13.3 Å². The second kappa shape index (κ2) is 3.72. The summed E-state index contributed by atoms with van der Waals surface area (Å²) in [6.07, 6.45) is 0.0590. The van der Waals surface area contributed by atoms with Crippen molar-refractivity contribution in [2.75, 3.05) is 5.88 Å². The summed E-state index contributed by atoms with van der Waals surface area (Å²) in [7, 11) is 0. The lowest BCUT2D eigenvalue weighted by Crippen LogP contribution is -2.03. The van der Waals surface area contributed by atoms with E-state index in [1.807, 2.05) is 0 Å². The largest absolute Gasteiger partial charge is 0.355 e. The lowest BCUT2D eigenvalue weighted by atomic mass is 10.1. The highest BCUT2D eigenvalue weighted by atomic mass is 35.5. The number of alkyl halides is 1. The lowest BCUT2D eigenvalue weighted by molar-refractivity contribution is -0.143. The molecule has 1 atom stereocenters. The number of rotatable bonds is 3. The first-order chi connectivity index (χ1) is 3.66. The monoisotopic (exact) mass is 135 g/mol. The topological polar surface area (TPSA) is 37.0 Å². The van der Waals surface area contributed by atoms with Gasteiger partial charge in [-0.25, -0.2) is 9.90 Å². The third-order valence-corrected chi connectivity index (χ3v) is 1.31. The maximum atomic E-state index is 9.80. The van der Waals surface area contributed by atoms with Gasteiger partial charge in [0.1, 0.15) is 0 Å². The molecule has 0 aliphatic carbocycles. The first-order valence-corrected chi connectivity index (χ1v) is 2.96. The third-order valence-electron chi connectivity index (χ3n) is 0.779. The van der Waals surface area contributed by atoms with Crippen molar-refractivity contribution >= 4 is 17.6 Å². The number of hydrogen-bond acceptors (Lipinski definition) is 1. The van der Waals surface area contributed by atoms with Crippen LogP contribution in [0.4, 0.5) is 0 Å². The zero-order valence-electron chi connectivity index (χ0n) is 4.69. The standard InChI is InChI=1S/C5H8ClO2/c1-4(3-6)2-5(7)8/h4H,2-3H2,1H3. The minimum absolute atomic E-state index is 0.0293. The fourth-order valence-corrected chi connectivity index (χ4v) is 0.448. The van der Waals surface area contributed by atoms with Gasteiger partial charge < -0.3 is 0 Å².